The molecule has 0 saturated heterocycles. The highest BCUT2D eigenvalue weighted by atomic mass is 16.5. The van der Waals surface area contributed by atoms with Gasteiger partial charge < -0.3 is 4.74 Å². The fourth-order valence-electron chi connectivity index (χ4n) is 1.26. The van der Waals surface area contributed by atoms with E-state index < -0.39 is 0 Å². The van der Waals surface area contributed by atoms with E-state index in [9.17, 15) is 0 Å². The van der Waals surface area contributed by atoms with Crippen molar-refractivity contribution < 1.29 is 4.74 Å². The Morgan fingerprint density at radius 2 is 2.50 bits per heavy atom. The summed E-state index contributed by atoms with van der Waals surface area (Å²) < 4.78 is 5.10. The van der Waals surface area contributed by atoms with Crippen molar-refractivity contribution in [2.75, 3.05) is 6.61 Å². The molecule has 0 spiro atoms. The average molecular weight is 140 g/mol. The molecule has 0 amide bonds. The molecule has 1 atom stereocenters. The zero-order chi connectivity index (χ0) is 7.23. The Balaban J connectivity index is 2.13. The van der Waals surface area contributed by atoms with Gasteiger partial charge in [-0.05, 0) is 24.8 Å². The summed E-state index contributed by atoms with van der Waals surface area (Å²) in [6.07, 6.45) is 9.27. The summed E-state index contributed by atoms with van der Waals surface area (Å²) in [5.74, 6) is 0.800. The molecule has 1 nitrogen and oxygen atoms in total. The lowest BCUT2D eigenvalue weighted by molar-refractivity contribution is 0.204. The Labute approximate surface area is 63.1 Å². The van der Waals surface area contributed by atoms with Gasteiger partial charge in [0, 0.05) is 0 Å². The predicted molar refractivity (Wildman–Crippen MR) is 42.7 cm³/mol. The van der Waals surface area contributed by atoms with Gasteiger partial charge in [-0.25, -0.2) is 0 Å². The number of hydrogen-bond donors (Lipinski definition) is 0. The Kier molecular flexibility index (Phi) is 3.34. The Morgan fingerprint density at radius 1 is 1.60 bits per heavy atom. The molecule has 1 heterocycles. The van der Waals surface area contributed by atoms with Crippen LogP contribution in [0.4, 0.5) is 0 Å². The van der Waals surface area contributed by atoms with Gasteiger partial charge in [0.1, 0.15) is 0 Å². The molecule has 1 aliphatic rings. The van der Waals surface area contributed by atoms with E-state index in [-0.39, 0.29) is 0 Å². The minimum Gasteiger partial charge on any atom is -0.501 e. The van der Waals surface area contributed by atoms with E-state index in [4.69, 9.17) is 4.74 Å². The smallest absolute Gasteiger partial charge is 0.0878 e. The van der Waals surface area contributed by atoms with Crippen molar-refractivity contribution in [3.63, 3.8) is 0 Å². The van der Waals surface area contributed by atoms with Crippen molar-refractivity contribution in [3.05, 3.63) is 12.3 Å². The molecule has 0 aromatic rings. The van der Waals surface area contributed by atoms with E-state index in [1.54, 1.807) is 0 Å². The second-order valence-corrected chi connectivity index (χ2v) is 2.89. The van der Waals surface area contributed by atoms with Gasteiger partial charge in [0.2, 0.25) is 0 Å². The maximum atomic E-state index is 5.10. The number of unbranched alkanes of at least 4 members (excludes halogenated alkanes) is 1. The van der Waals surface area contributed by atoms with Crippen LogP contribution in [-0.4, -0.2) is 6.61 Å². The molecule has 1 rings (SSSR count). The lowest BCUT2D eigenvalue weighted by Crippen LogP contribution is -2.05. The topological polar surface area (TPSA) is 9.23 Å². The molecule has 1 unspecified atom stereocenters. The average Bonchev–Trinajstić information content (AvgIpc) is 2.03. The summed E-state index contributed by atoms with van der Waals surface area (Å²) in [4.78, 5) is 0. The predicted octanol–water partition coefficient (Wildman–Crippen LogP) is 2.73. The standard InChI is InChI=1S/C9H16O/c1-2-3-4-9-5-7-10-8-6-9/h5,7,9H,2-4,6,8H2,1H3. The highest BCUT2D eigenvalue weighted by molar-refractivity contribution is 4.86. The summed E-state index contributed by atoms with van der Waals surface area (Å²) in [6.45, 7) is 3.16. The van der Waals surface area contributed by atoms with Crippen molar-refractivity contribution in [2.45, 2.75) is 32.6 Å². The van der Waals surface area contributed by atoms with Gasteiger partial charge in [-0.3, -0.25) is 0 Å². The fourth-order valence-corrected chi connectivity index (χ4v) is 1.26. The van der Waals surface area contributed by atoms with Crippen molar-refractivity contribution in [2.24, 2.45) is 5.92 Å². The SMILES string of the molecule is CCCCC1C=COCC1. The molecule has 0 aromatic heterocycles. The molecule has 0 bridgehead atoms. The minimum atomic E-state index is 0.800. The van der Waals surface area contributed by atoms with E-state index in [0.29, 0.717) is 0 Å². The van der Waals surface area contributed by atoms with Crippen molar-refractivity contribution in [1.29, 1.82) is 0 Å². The molecule has 1 heteroatoms. The van der Waals surface area contributed by atoms with Gasteiger partial charge in [0.25, 0.3) is 0 Å². The molecule has 1 aliphatic heterocycles. The Bertz CT molecular complexity index is 107. The van der Waals surface area contributed by atoms with E-state index in [1.165, 1.54) is 25.7 Å². The van der Waals surface area contributed by atoms with Crippen LogP contribution in [0, 0.1) is 5.92 Å². The van der Waals surface area contributed by atoms with Crippen LogP contribution in [0.2, 0.25) is 0 Å². The summed E-state index contributed by atoms with van der Waals surface area (Å²) in [6, 6.07) is 0. The third kappa shape index (κ3) is 2.42. The molecule has 0 radical (unpaired) electrons. The maximum Gasteiger partial charge on any atom is 0.0878 e. The molecule has 0 saturated carbocycles. The zero-order valence-corrected chi connectivity index (χ0v) is 6.68. The van der Waals surface area contributed by atoms with Crippen LogP contribution in [0.15, 0.2) is 12.3 Å². The largest absolute Gasteiger partial charge is 0.501 e. The first-order valence-corrected chi connectivity index (χ1v) is 4.21. The van der Waals surface area contributed by atoms with Crippen molar-refractivity contribution >= 4 is 0 Å². The molecule has 10 heavy (non-hydrogen) atoms. The summed E-state index contributed by atoms with van der Waals surface area (Å²) in [5, 5.41) is 0. The Hall–Kier alpha value is -0.460. The molecule has 0 fully saturated rings. The van der Waals surface area contributed by atoms with Crippen molar-refractivity contribution in [3.8, 4) is 0 Å². The summed E-state index contributed by atoms with van der Waals surface area (Å²) >= 11 is 0. The van der Waals surface area contributed by atoms with Gasteiger partial charge in [-0.1, -0.05) is 19.8 Å². The van der Waals surface area contributed by atoms with Crippen LogP contribution < -0.4 is 0 Å². The van der Waals surface area contributed by atoms with Gasteiger partial charge in [0.05, 0.1) is 12.9 Å². The zero-order valence-electron chi connectivity index (χ0n) is 6.68. The van der Waals surface area contributed by atoms with Gasteiger partial charge in [-0.15, -0.1) is 0 Å². The molecule has 0 aromatic carbocycles. The fraction of sp³-hybridized carbons (Fsp3) is 0.778. The highest BCUT2D eigenvalue weighted by Gasteiger charge is 2.06. The van der Waals surface area contributed by atoms with Crippen LogP contribution in [0.3, 0.4) is 0 Å². The number of rotatable bonds is 3. The number of ether oxygens (including phenoxy) is 1. The normalized spacial score (nSPS) is 24.3. The molecule has 0 N–H and O–H groups in total. The van der Waals surface area contributed by atoms with Crippen LogP contribution in [-0.2, 0) is 4.74 Å². The third-order valence-corrected chi connectivity index (χ3v) is 1.98. The van der Waals surface area contributed by atoms with Gasteiger partial charge >= 0.3 is 0 Å². The number of hydrogen-bond acceptors (Lipinski definition) is 1. The molecular weight excluding hydrogens is 124 g/mol. The second kappa shape index (κ2) is 4.37. The van der Waals surface area contributed by atoms with E-state index in [1.807, 2.05) is 6.26 Å². The summed E-state index contributed by atoms with van der Waals surface area (Å²) in [7, 11) is 0. The van der Waals surface area contributed by atoms with Crippen LogP contribution >= 0.6 is 0 Å². The van der Waals surface area contributed by atoms with Crippen LogP contribution in [0.5, 0.6) is 0 Å². The molecular formula is C9H16O. The minimum absolute atomic E-state index is 0.800. The maximum absolute atomic E-state index is 5.10. The van der Waals surface area contributed by atoms with Gasteiger partial charge in [-0.2, -0.15) is 0 Å². The van der Waals surface area contributed by atoms with E-state index in [0.717, 1.165) is 12.5 Å². The highest BCUT2D eigenvalue weighted by Crippen LogP contribution is 2.17. The molecule has 58 valence electrons. The van der Waals surface area contributed by atoms with Crippen LogP contribution in [0.25, 0.3) is 0 Å². The second-order valence-electron chi connectivity index (χ2n) is 2.89. The third-order valence-electron chi connectivity index (χ3n) is 1.98. The number of allylic oxidation sites excluding steroid dienone is 1. The van der Waals surface area contributed by atoms with Crippen molar-refractivity contribution in [1.82, 2.24) is 0 Å². The lowest BCUT2D eigenvalue weighted by atomic mass is 9.98. The first-order valence-electron chi connectivity index (χ1n) is 4.21. The summed E-state index contributed by atoms with van der Waals surface area (Å²) in [5.41, 5.74) is 0. The van der Waals surface area contributed by atoms with Crippen LogP contribution in [0.1, 0.15) is 32.6 Å². The van der Waals surface area contributed by atoms with Gasteiger partial charge in [0.15, 0.2) is 0 Å². The Morgan fingerprint density at radius 3 is 3.10 bits per heavy atom. The first-order chi connectivity index (χ1) is 4.93. The monoisotopic (exact) mass is 140 g/mol. The first kappa shape index (κ1) is 7.64. The van der Waals surface area contributed by atoms with E-state index in [2.05, 4.69) is 13.0 Å². The molecule has 0 aliphatic carbocycles. The van der Waals surface area contributed by atoms with E-state index >= 15 is 0 Å². The quantitative estimate of drug-likeness (QED) is 0.585. The lowest BCUT2D eigenvalue weighted by Gasteiger charge is -2.15.